The number of thiophene rings is 1. The summed E-state index contributed by atoms with van der Waals surface area (Å²) in [7, 11) is 0. The van der Waals surface area contributed by atoms with Gasteiger partial charge in [-0.2, -0.15) is 4.98 Å². The Hall–Kier alpha value is -2.31. The van der Waals surface area contributed by atoms with Gasteiger partial charge in [0.2, 0.25) is 5.82 Å². The van der Waals surface area contributed by atoms with Gasteiger partial charge in [-0.1, -0.05) is 23.4 Å². The minimum absolute atomic E-state index is 0.572. The Kier molecular flexibility index (Phi) is 3.53. The van der Waals surface area contributed by atoms with Crippen LogP contribution in [0, 0.1) is 6.92 Å². The van der Waals surface area contributed by atoms with Crippen LogP contribution in [0.4, 0.5) is 0 Å². The predicted octanol–water partition coefficient (Wildman–Crippen LogP) is 5.77. The molecule has 1 aliphatic rings. The van der Waals surface area contributed by atoms with Crippen LogP contribution in [0.3, 0.4) is 0 Å². The first-order chi connectivity index (χ1) is 12.3. The quantitative estimate of drug-likeness (QED) is 0.460. The topological polar surface area (TPSA) is 51.8 Å². The molecular weight excluding hydrogens is 350 g/mol. The van der Waals surface area contributed by atoms with Gasteiger partial charge in [0.15, 0.2) is 0 Å². The van der Waals surface area contributed by atoms with Crippen LogP contribution in [0.25, 0.3) is 33.4 Å². The molecule has 3 heterocycles. The summed E-state index contributed by atoms with van der Waals surface area (Å²) in [4.78, 5) is 11.6. The molecule has 0 saturated heterocycles. The van der Waals surface area contributed by atoms with Gasteiger partial charge < -0.3 is 4.52 Å². The maximum Gasteiger partial charge on any atom is 0.268 e. The molecule has 0 unspecified atom stereocenters. The Labute approximate surface area is 153 Å². The summed E-state index contributed by atoms with van der Waals surface area (Å²) < 4.78 is 5.44. The summed E-state index contributed by atoms with van der Waals surface area (Å²) >= 11 is 3.42. The van der Waals surface area contributed by atoms with Gasteiger partial charge in [-0.25, -0.2) is 4.98 Å². The smallest absolute Gasteiger partial charge is 0.268 e. The standard InChI is InChI=1S/C19H15N3OS2/c1-11-5-8-16(25-11)18-21-17(22-23-18)14-4-2-3-13(9-14)15-10-24-19(20-15)12-6-7-12/h2-5,8-10,12H,6-7H2,1H3. The highest BCUT2D eigenvalue weighted by molar-refractivity contribution is 7.15. The van der Waals surface area contributed by atoms with E-state index in [4.69, 9.17) is 9.51 Å². The second-order valence-electron chi connectivity index (χ2n) is 6.26. The van der Waals surface area contributed by atoms with Crippen LogP contribution in [-0.2, 0) is 0 Å². The Bertz CT molecular complexity index is 1040. The summed E-state index contributed by atoms with van der Waals surface area (Å²) in [5.41, 5.74) is 3.08. The molecule has 0 N–H and O–H groups in total. The van der Waals surface area contributed by atoms with Crippen molar-refractivity contribution in [3.8, 4) is 33.4 Å². The molecule has 1 saturated carbocycles. The van der Waals surface area contributed by atoms with Crippen LogP contribution in [-0.4, -0.2) is 15.1 Å². The maximum atomic E-state index is 5.44. The van der Waals surface area contributed by atoms with Gasteiger partial charge in [-0.3, -0.25) is 0 Å². The van der Waals surface area contributed by atoms with E-state index in [0.29, 0.717) is 17.6 Å². The molecule has 0 spiro atoms. The molecule has 25 heavy (non-hydrogen) atoms. The van der Waals surface area contributed by atoms with Crippen molar-refractivity contribution >= 4 is 22.7 Å². The van der Waals surface area contributed by atoms with E-state index in [2.05, 4.69) is 40.6 Å². The molecular formula is C19H15N3OS2. The molecule has 1 fully saturated rings. The molecule has 0 radical (unpaired) electrons. The number of hydrogen-bond donors (Lipinski definition) is 0. The maximum absolute atomic E-state index is 5.44. The van der Waals surface area contributed by atoms with E-state index in [0.717, 1.165) is 21.7 Å². The molecule has 4 aromatic rings. The number of aryl methyl sites for hydroxylation is 1. The number of rotatable bonds is 4. The van der Waals surface area contributed by atoms with Gasteiger partial charge in [0, 0.05) is 27.3 Å². The van der Waals surface area contributed by atoms with Crippen LogP contribution in [0.5, 0.6) is 0 Å². The minimum Gasteiger partial charge on any atom is -0.333 e. The van der Waals surface area contributed by atoms with E-state index >= 15 is 0 Å². The highest BCUT2D eigenvalue weighted by atomic mass is 32.1. The lowest BCUT2D eigenvalue weighted by Crippen LogP contribution is -1.84. The van der Waals surface area contributed by atoms with Gasteiger partial charge in [-0.15, -0.1) is 22.7 Å². The first-order valence-corrected chi connectivity index (χ1v) is 9.92. The van der Waals surface area contributed by atoms with Gasteiger partial charge in [-0.05, 0) is 38.0 Å². The Balaban J connectivity index is 1.47. The summed E-state index contributed by atoms with van der Waals surface area (Å²) in [6.07, 6.45) is 2.56. The Morgan fingerprint density at radius 1 is 1.08 bits per heavy atom. The van der Waals surface area contributed by atoms with E-state index in [1.165, 1.54) is 22.7 Å². The lowest BCUT2D eigenvalue weighted by Gasteiger charge is -1.99. The number of hydrogen-bond acceptors (Lipinski definition) is 6. The minimum atomic E-state index is 0.572. The van der Waals surface area contributed by atoms with Crippen molar-refractivity contribution < 1.29 is 4.52 Å². The summed E-state index contributed by atoms with van der Waals surface area (Å²) in [6.45, 7) is 2.07. The number of aromatic nitrogens is 3. The van der Waals surface area contributed by atoms with Crippen molar-refractivity contribution in [3.05, 3.63) is 51.7 Å². The fraction of sp³-hybridized carbons (Fsp3) is 0.211. The predicted molar refractivity (Wildman–Crippen MR) is 101 cm³/mol. The molecule has 0 amide bonds. The van der Waals surface area contributed by atoms with Crippen LogP contribution in [0.2, 0.25) is 0 Å². The van der Waals surface area contributed by atoms with Gasteiger partial charge in [0.25, 0.3) is 5.89 Å². The normalized spacial score (nSPS) is 14.1. The van der Waals surface area contributed by atoms with Crippen molar-refractivity contribution in [1.29, 1.82) is 0 Å². The molecule has 0 atom stereocenters. The van der Waals surface area contributed by atoms with E-state index < -0.39 is 0 Å². The summed E-state index contributed by atoms with van der Waals surface area (Å²) in [6, 6.07) is 12.3. The van der Waals surface area contributed by atoms with E-state index in [1.54, 1.807) is 22.7 Å². The zero-order valence-electron chi connectivity index (χ0n) is 13.6. The van der Waals surface area contributed by atoms with Crippen LogP contribution in [0.15, 0.2) is 46.3 Å². The first-order valence-electron chi connectivity index (χ1n) is 8.23. The Morgan fingerprint density at radius 2 is 1.96 bits per heavy atom. The molecule has 3 aromatic heterocycles. The van der Waals surface area contributed by atoms with E-state index in [1.807, 2.05) is 18.2 Å². The Morgan fingerprint density at radius 3 is 2.76 bits per heavy atom. The zero-order valence-corrected chi connectivity index (χ0v) is 15.2. The molecule has 5 rings (SSSR count). The summed E-state index contributed by atoms with van der Waals surface area (Å²) in [5.74, 6) is 1.87. The number of thiazole rings is 1. The van der Waals surface area contributed by atoms with Crippen molar-refractivity contribution in [2.75, 3.05) is 0 Å². The lowest BCUT2D eigenvalue weighted by molar-refractivity contribution is 0.433. The monoisotopic (exact) mass is 365 g/mol. The first kappa shape index (κ1) is 15.0. The zero-order chi connectivity index (χ0) is 16.8. The van der Waals surface area contributed by atoms with E-state index in [-0.39, 0.29) is 0 Å². The van der Waals surface area contributed by atoms with Crippen LogP contribution < -0.4 is 0 Å². The fourth-order valence-corrected chi connectivity index (χ4v) is 4.54. The second-order valence-corrected chi connectivity index (χ2v) is 8.44. The van der Waals surface area contributed by atoms with E-state index in [9.17, 15) is 0 Å². The van der Waals surface area contributed by atoms with Crippen molar-refractivity contribution in [1.82, 2.24) is 15.1 Å². The van der Waals surface area contributed by atoms with Crippen molar-refractivity contribution in [2.45, 2.75) is 25.7 Å². The molecule has 124 valence electrons. The lowest BCUT2D eigenvalue weighted by atomic mass is 10.1. The molecule has 0 bridgehead atoms. The number of nitrogens with zero attached hydrogens (tertiary/aromatic N) is 3. The second kappa shape index (κ2) is 5.89. The SMILES string of the molecule is Cc1ccc(-c2nc(-c3cccc(-c4csc(C5CC5)n4)c3)no2)s1. The fourth-order valence-electron chi connectivity index (χ4n) is 2.75. The highest BCUT2D eigenvalue weighted by Gasteiger charge is 2.26. The number of benzene rings is 1. The molecule has 4 nitrogen and oxygen atoms in total. The third-order valence-electron chi connectivity index (χ3n) is 4.24. The molecule has 1 aliphatic carbocycles. The third-order valence-corrected chi connectivity index (χ3v) is 6.24. The van der Waals surface area contributed by atoms with Crippen molar-refractivity contribution in [3.63, 3.8) is 0 Å². The van der Waals surface area contributed by atoms with Crippen LogP contribution in [0.1, 0.15) is 28.6 Å². The molecule has 1 aromatic carbocycles. The average Bonchev–Trinajstić information content (AvgIpc) is 3.06. The molecule has 0 aliphatic heterocycles. The van der Waals surface area contributed by atoms with Gasteiger partial charge in [0.05, 0.1) is 15.6 Å². The van der Waals surface area contributed by atoms with Crippen molar-refractivity contribution in [2.24, 2.45) is 0 Å². The molecule has 6 heteroatoms. The third kappa shape index (κ3) is 2.92. The highest BCUT2D eigenvalue weighted by Crippen LogP contribution is 2.42. The van der Waals surface area contributed by atoms with Gasteiger partial charge >= 0.3 is 0 Å². The summed E-state index contributed by atoms with van der Waals surface area (Å²) in [5, 5.41) is 7.55. The van der Waals surface area contributed by atoms with Crippen LogP contribution >= 0.6 is 22.7 Å². The van der Waals surface area contributed by atoms with Gasteiger partial charge in [0.1, 0.15) is 0 Å². The largest absolute Gasteiger partial charge is 0.333 e. The average molecular weight is 365 g/mol.